The van der Waals surface area contributed by atoms with Crippen LogP contribution in [0.2, 0.25) is 0 Å². The molecule has 0 spiro atoms. The molecule has 1 heterocycles. The Hall–Kier alpha value is -0.0800. The van der Waals surface area contributed by atoms with Crippen molar-refractivity contribution in [2.45, 2.75) is 59.5 Å². The van der Waals surface area contributed by atoms with Crippen molar-refractivity contribution in [2.24, 2.45) is 5.41 Å². The molecule has 0 saturated carbocycles. The second-order valence-corrected chi connectivity index (χ2v) is 6.23. The van der Waals surface area contributed by atoms with Crippen LogP contribution in [0.15, 0.2) is 0 Å². The van der Waals surface area contributed by atoms with Crippen LogP contribution in [0.5, 0.6) is 0 Å². The lowest BCUT2D eigenvalue weighted by molar-refractivity contribution is 0.0967. The fourth-order valence-corrected chi connectivity index (χ4v) is 2.37. The van der Waals surface area contributed by atoms with Gasteiger partial charge in [0.2, 0.25) is 0 Å². The third-order valence-electron chi connectivity index (χ3n) is 3.09. The molecule has 1 saturated heterocycles. The maximum Gasteiger partial charge on any atom is 0.0195 e. The first-order valence-corrected chi connectivity index (χ1v) is 6.40. The molecule has 2 heteroatoms. The first kappa shape index (κ1) is 13.0. The summed E-state index contributed by atoms with van der Waals surface area (Å²) in [6.07, 6.45) is 2.60. The van der Waals surface area contributed by atoms with Gasteiger partial charge in [0.15, 0.2) is 0 Å². The minimum absolute atomic E-state index is 0.419. The van der Waals surface area contributed by atoms with E-state index in [1.807, 2.05) is 0 Å². The molecule has 0 radical (unpaired) electrons. The van der Waals surface area contributed by atoms with Gasteiger partial charge in [-0.2, -0.15) is 0 Å². The van der Waals surface area contributed by atoms with Gasteiger partial charge in [-0.05, 0) is 18.8 Å². The van der Waals surface area contributed by atoms with Crippen LogP contribution in [0.4, 0.5) is 0 Å². The van der Waals surface area contributed by atoms with Crippen LogP contribution >= 0.6 is 0 Å². The van der Waals surface area contributed by atoms with Crippen molar-refractivity contribution in [1.29, 1.82) is 0 Å². The molecular formula is C13H28N2. The van der Waals surface area contributed by atoms with Crippen molar-refractivity contribution in [3.8, 4) is 0 Å². The van der Waals surface area contributed by atoms with E-state index in [4.69, 9.17) is 0 Å². The first-order valence-electron chi connectivity index (χ1n) is 6.40. The van der Waals surface area contributed by atoms with Gasteiger partial charge in [-0.25, -0.2) is 0 Å². The van der Waals surface area contributed by atoms with E-state index in [1.54, 1.807) is 0 Å². The van der Waals surface area contributed by atoms with Gasteiger partial charge in [0.25, 0.3) is 0 Å². The lowest BCUT2D eigenvalue weighted by atomic mass is 9.94. The van der Waals surface area contributed by atoms with Crippen LogP contribution in [0.1, 0.15) is 47.5 Å². The minimum atomic E-state index is 0.419. The molecule has 2 atom stereocenters. The molecule has 2 nitrogen and oxygen atoms in total. The monoisotopic (exact) mass is 212 g/mol. The van der Waals surface area contributed by atoms with Gasteiger partial charge in [-0.15, -0.1) is 0 Å². The molecule has 0 aliphatic carbocycles. The number of nitrogens with zero attached hydrogens (tertiary/aromatic N) is 1. The van der Waals surface area contributed by atoms with Crippen molar-refractivity contribution in [2.75, 3.05) is 19.6 Å². The number of piperazine rings is 1. The van der Waals surface area contributed by atoms with E-state index in [1.165, 1.54) is 25.9 Å². The second-order valence-electron chi connectivity index (χ2n) is 6.23. The highest BCUT2D eigenvalue weighted by molar-refractivity contribution is 4.85. The number of rotatable bonds is 3. The molecule has 0 aromatic carbocycles. The van der Waals surface area contributed by atoms with Crippen LogP contribution in [-0.2, 0) is 0 Å². The average Bonchev–Trinajstić information content (AvgIpc) is 2.09. The molecule has 90 valence electrons. The molecule has 15 heavy (non-hydrogen) atoms. The molecular weight excluding hydrogens is 184 g/mol. The smallest absolute Gasteiger partial charge is 0.0195 e. The van der Waals surface area contributed by atoms with E-state index in [0.717, 1.165) is 6.54 Å². The van der Waals surface area contributed by atoms with Gasteiger partial charge >= 0.3 is 0 Å². The average molecular weight is 212 g/mol. The van der Waals surface area contributed by atoms with Crippen LogP contribution < -0.4 is 5.32 Å². The van der Waals surface area contributed by atoms with Gasteiger partial charge in [0.1, 0.15) is 0 Å². The maximum atomic E-state index is 3.64. The lowest BCUT2D eigenvalue weighted by Gasteiger charge is -2.41. The maximum absolute atomic E-state index is 3.64. The van der Waals surface area contributed by atoms with E-state index in [2.05, 4.69) is 44.8 Å². The predicted octanol–water partition coefficient (Wildman–Crippen LogP) is 2.49. The summed E-state index contributed by atoms with van der Waals surface area (Å²) in [5.41, 5.74) is 0.419. The topological polar surface area (TPSA) is 15.3 Å². The zero-order chi connectivity index (χ0) is 11.5. The van der Waals surface area contributed by atoms with Crippen molar-refractivity contribution in [1.82, 2.24) is 10.2 Å². The Kier molecular flexibility index (Phi) is 4.60. The van der Waals surface area contributed by atoms with E-state index >= 15 is 0 Å². The van der Waals surface area contributed by atoms with Gasteiger partial charge in [0.05, 0.1) is 0 Å². The van der Waals surface area contributed by atoms with Gasteiger partial charge in [-0.1, -0.05) is 34.1 Å². The predicted molar refractivity (Wildman–Crippen MR) is 67.2 cm³/mol. The molecule has 1 N–H and O–H groups in total. The second kappa shape index (κ2) is 5.31. The van der Waals surface area contributed by atoms with E-state index in [9.17, 15) is 0 Å². The molecule has 0 aromatic rings. The largest absolute Gasteiger partial charge is 0.311 e. The van der Waals surface area contributed by atoms with E-state index in [-0.39, 0.29) is 0 Å². The first-order chi connectivity index (χ1) is 6.92. The van der Waals surface area contributed by atoms with E-state index in [0.29, 0.717) is 17.5 Å². The van der Waals surface area contributed by atoms with E-state index < -0.39 is 0 Å². The van der Waals surface area contributed by atoms with Crippen molar-refractivity contribution < 1.29 is 0 Å². The van der Waals surface area contributed by atoms with Gasteiger partial charge in [-0.3, -0.25) is 4.90 Å². The summed E-state index contributed by atoms with van der Waals surface area (Å²) < 4.78 is 0. The summed E-state index contributed by atoms with van der Waals surface area (Å²) >= 11 is 0. The van der Waals surface area contributed by atoms with Crippen LogP contribution in [0, 0.1) is 5.41 Å². The molecule has 2 unspecified atom stereocenters. The summed E-state index contributed by atoms with van der Waals surface area (Å²) in [6.45, 7) is 15.2. The third kappa shape index (κ3) is 4.52. The number of hydrogen-bond acceptors (Lipinski definition) is 2. The summed E-state index contributed by atoms with van der Waals surface area (Å²) in [5, 5.41) is 3.64. The Morgan fingerprint density at radius 1 is 1.33 bits per heavy atom. The minimum Gasteiger partial charge on any atom is -0.311 e. The molecule has 1 rings (SSSR count). The van der Waals surface area contributed by atoms with Gasteiger partial charge < -0.3 is 5.32 Å². The Balaban J connectivity index is 2.46. The highest BCUT2D eigenvalue weighted by Gasteiger charge is 2.27. The fourth-order valence-electron chi connectivity index (χ4n) is 2.37. The molecule has 0 aromatic heterocycles. The Bertz CT molecular complexity index is 183. The lowest BCUT2D eigenvalue weighted by Crippen LogP contribution is -2.56. The Morgan fingerprint density at radius 3 is 2.53 bits per heavy atom. The zero-order valence-corrected chi connectivity index (χ0v) is 11.1. The van der Waals surface area contributed by atoms with Crippen LogP contribution in [0.3, 0.4) is 0 Å². The third-order valence-corrected chi connectivity index (χ3v) is 3.09. The highest BCUT2D eigenvalue weighted by atomic mass is 15.2. The fraction of sp³-hybridized carbons (Fsp3) is 1.00. The zero-order valence-electron chi connectivity index (χ0n) is 11.1. The Labute approximate surface area is 95.4 Å². The van der Waals surface area contributed by atoms with Crippen molar-refractivity contribution >= 4 is 0 Å². The summed E-state index contributed by atoms with van der Waals surface area (Å²) in [6, 6.07) is 1.41. The molecule has 0 bridgehead atoms. The van der Waals surface area contributed by atoms with Crippen LogP contribution in [0.25, 0.3) is 0 Å². The summed E-state index contributed by atoms with van der Waals surface area (Å²) in [4.78, 5) is 2.65. The molecule has 0 amide bonds. The van der Waals surface area contributed by atoms with Crippen molar-refractivity contribution in [3.63, 3.8) is 0 Å². The summed E-state index contributed by atoms with van der Waals surface area (Å²) in [5.74, 6) is 0. The molecule has 1 aliphatic heterocycles. The Morgan fingerprint density at radius 2 is 2.00 bits per heavy atom. The van der Waals surface area contributed by atoms with Gasteiger partial charge in [0, 0.05) is 31.7 Å². The molecule has 1 fully saturated rings. The number of hydrogen-bond donors (Lipinski definition) is 1. The normalized spacial score (nSPS) is 29.4. The standard InChI is InChI=1S/C13H28N2/c1-6-7-12-9-15(10-13(3,4)5)11(2)8-14-12/h11-12,14H,6-10H2,1-5H3. The molecule has 1 aliphatic rings. The SMILES string of the molecule is CCCC1CN(CC(C)(C)C)C(C)CN1. The van der Waals surface area contributed by atoms with Crippen molar-refractivity contribution in [3.05, 3.63) is 0 Å². The quantitative estimate of drug-likeness (QED) is 0.773. The highest BCUT2D eigenvalue weighted by Crippen LogP contribution is 2.19. The summed E-state index contributed by atoms with van der Waals surface area (Å²) in [7, 11) is 0. The van der Waals surface area contributed by atoms with Crippen LogP contribution in [-0.4, -0.2) is 36.6 Å². The number of nitrogens with one attached hydrogen (secondary N) is 1.